The molecule has 14 heavy (non-hydrogen) atoms. The number of aromatic amines is 1. The van der Waals surface area contributed by atoms with Gasteiger partial charge in [-0.1, -0.05) is 0 Å². The molecule has 2 aromatic rings. The molecule has 2 heterocycles. The van der Waals surface area contributed by atoms with Crippen molar-refractivity contribution in [3.8, 4) is 11.1 Å². The van der Waals surface area contributed by atoms with Crippen LogP contribution in [0.15, 0.2) is 12.1 Å². The highest BCUT2D eigenvalue weighted by molar-refractivity contribution is 5.76. The molecule has 0 fully saturated rings. The molecule has 0 spiro atoms. The van der Waals surface area contributed by atoms with E-state index in [0.717, 1.165) is 6.42 Å². The summed E-state index contributed by atoms with van der Waals surface area (Å²) in [7, 11) is 2.15. The minimum atomic E-state index is 1.06. The van der Waals surface area contributed by atoms with Gasteiger partial charge in [-0.15, -0.1) is 0 Å². The predicted octanol–water partition coefficient (Wildman–Crippen LogP) is 2.54. The number of rotatable bonds is 0. The molecular formula is C12H14N2. The first-order chi connectivity index (χ1) is 6.66. The van der Waals surface area contributed by atoms with E-state index in [-0.39, 0.29) is 0 Å². The van der Waals surface area contributed by atoms with Crippen LogP contribution in [0.5, 0.6) is 0 Å². The Bertz CT molecular complexity index is 515. The van der Waals surface area contributed by atoms with Crippen LogP contribution in [0.1, 0.15) is 22.8 Å². The highest BCUT2D eigenvalue weighted by atomic mass is 15.0. The van der Waals surface area contributed by atoms with E-state index in [0.29, 0.717) is 0 Å². The van der Waals surface area contributed by atoms with E-state index in [1.54, 1.807) is 0 Å². The third kappa shape index (κ3) is 0.808. The standard InChI is InChI=1S/C12H14N2/c1-7-4-9-10-5-8(2)14(3)12(10)6-11(9)13-7/h4-5,13H,6H2,1-3H3. The van der Waals surface area contributed by atoms with E-state index in [1.165, 1.54) is 33.9 Å². The molecule has 1 aliphatic rings. The number of aryl methyl sites for hydroxylation is 2. The van der Waals surface area contributed by atoms with Gasteiger partial charge in [-0.3, -0.25) is 0 Å². The van der Waals surface area contributed by atoms with Crippen LogP contribution in [0.3, 0.4) is 0 Å². The van der Waals surface area contributed by atoms with Crippen molar-refractivity contribution in [3.63, 3.8) is 0 Å². The maximum absolute atomic E-state index is 3.42. The van der Waals surface area contributed by atoms with Gasteiger partial charge in [0.15, 0.2) is 0 Å². The molecule has 0 aliphatic heterocycles. The second kappa shape index (κ2) is 2.32. The number of hydrogen-bond donors (Lipinski definition) is 1. The van der Waals surface area contributed by atoms with Crippen molar-refractivity contribution in [2.45, 2.75) is 20.3 Å². The van der Waals surface area contributed by atoms with Gasteiger partial charge in [0.05, 0.1) is 0 Å². The van der Waals surface area contributed by atoms with Crippen LogP contribution < -0.4 is 0 Å². The van der Waals surface area contributed by atoms with E-state index in [1.807, 2.05) is 0 Å². The maximum Gasteiger partial charge on any atom is 0.0313 e. The van der Waals surface area contributed by atoms with Gasteiger partial charge in [-0.2, -0.15) is 0 Å². The van der Waals surface area contributed by atoms with Crippen LogP contribution in [0, 0.1) is 13.8 Å². The molecule has 2 heteroatoms. The zero-order valence-corrected chi connectivity index (χ0v) is 8.81. The van der Waals surface area contributed by atoms with Gasteiger partial charge in [-0.25, -0.2) is 0 Å². The van der Waals surface area contributed by atoms with Crippen LogP contribution in [0.4, 0.5) is 0 Å². The molecule has 0 radical (unpaired) electrons. The number of nitrogens with zero attached hydrogens (tertiary/aromatic N) is 1. The van der Waals surface area contributed by atoms with Crippen molar-refractivity contribution in [1.82, 2.24) is 9.55 Å². The Hall–Kier alpha value is -1.44. The van der Waals surface area contributed by atoms with Gasteiger partial charge in [0.2, 0.25) is 0 Å². The maximum atomic E-state index is 3.42. The predicted molar refractivity (Wildman–Crippen MR) is 57.5 cm³/mol. The van der Waals surface area contributed by atoms with E-state index in [2.05, 4.69) is 42.6 Å². The lowest BCUT2D eigenvalue weighted by molar-refractivity contribution is 0.820. The summed E-state index contributed by atoms with van der Waals surface area (Å²) in [5.74, 6) is 0. The molecule has 1 aliphatic carbocycles. The second-order valence-electron chi connectivity index (χ2n) is 4.23. The van der Waals surface area contributed by atoms with Crippen LogP contribution in [-0.2, 0) is 13.5 Å². The Labute approximate surface area is 83.6 Å². The Balaban J connectivity index is 2.29. The van der Waals surface area contributed by atoms with Gasteiger partial charge in [0.25, 0.3) is 0 Å². The molecule has 0 amide bonds. The van der Waals surface area contributed by atoms with Gasteiger partial charge >= 0.3 is 0 Å². The van der Waals surface area contributed by atoms with Gasteiger partial charge < -0.3 is 9.55 Å². The zero-order chi connectivity index (χ0) is 9.87. The summed E-state index contributed by atoms with van der Waals surface area (Å²) in [5, 5.41) is 0. The Morgan fingerprint density at radius 2 is 2.00 bits per heavy atom. The molecule has 0 unspecified atom stereocenters. The van der Waals surface area contributed by atoms with Crippen LogP contribution in [-0.4, -0.2) is 9.55 Å². The molecule has 0 saturated heterocycles. The molecule has 2 nitrogen and oxygen atoms in total. The third-order valence-corrected chi connectivity index (χ3v) is 3.27. The topological polar surface area (TPSA) is 20.7 Å². The van der Waals surface area contributed by atoms with Crippen molar-refractivity contribution < 1.29 is 0 Å². The average molecular weight is 186 g/mol. The first-order valence-electron chi connectivity index (χ1n) is 5.01. The number of hydrogen-bond acceptors (Lipinski definition) is 0. The minimum Gasteiger partial charge on any atom is -0.362 e. The summed E-state index contributed by atoms with van der Waals surface area (Å²) in [6.07, 6.45) is 1.06. The Morgan fingerprint density at radius 3 is 2.79 bits per heavy atom. The van der Waals surface area contributed by atoms with E-state index >= 15 is 0 Å². The lowest BCUT2D eigenvalue weighted by Gasteiger charge is -2.01. The first-order valence-corrected chi connectivity index (χ1v) is 5.01. The van der Waals surface area contributed by atoms with Crippen LogP contribution in [0.25, 0.3) is 11.1 Å². The van der Waals surface area contributed by atoms with Crippen molar-refractivity contribution >= 4 is 0 Å². The number of fused-ring (bicyclic) bond motifs is 3. The number of H-pyrrole nitrogens is 1. The summed E-state index contributed by atoms with van der Waals surface area (Å²) < 4.78 is 2.29. The SMILES string of the molecule is Cc1cc2c([nH]1)Cc1c-2cc(C)n1C. The Morgan fingerprint density at radius 1 is 1.21 bits per heavy atom. The van der Waals surface area contributed by atoms with Gasteiger partial charge in [-0.05, 0) is 26.0 Å². The molecule has 0 bridgehead atoms. The Kier molecular flexibility index (Phi) is 1.31. The molecular weight excluding hydrogens is 172 g/mol. The third-order valence-electron chi connectivity index (χ3n) is 3.27. The van der Waals surface area contributed by atoms with Crippen molar-refractivity contribution in [2.75, 3.05) is 0 Å². The van der Waals surface area contributed by atoms with Gasteiger partial charge in [0, 0.05) is 47.4 Å². The highest BCUT2D eigenvalue weighted by Gasteiger charge is 2.23. The highest BCUT2D eigenvalue weighted by Crippen LogP contribution is 2.38. The van der Waals surface area contributed by atoms with Crippen molar-refractivity contribution in [1.29, 1.82) is 0 Å². The first kappa shape index (κ1) is 7.92. The molecule has 1 N–H and O–H groups in total. The van der Waals surface area contributed by atoms with Crippen molar-refractivity contribution in [3.05, 3.63) is 34.9 Å². The van der Waals surface area contributed by atoms with E-state index in [9.17, 15) is 0 Å². The zero-order valence-electron chi connectivity index (χ0n) is 8.81. The molecule has 2 aromatic heterocycles. The summed E-state index contributed by atoms with van der Waals surface area (Å²) in [5.41, 5.74) is 8.26. The minimum absolute atomic E-state index is 1.06. The van der Waals surface area contributed by atoms with Gasteiger partial charge in [0.1, 0.15) is 0 Å². The quantitative estimate of drug-likeness (QED) is 0.557. The molecule has 72 valence electrons. The van der Waals surface area contributed by atoms with E-state index < -0.39 is 0 Å². The lowest BCUT2D eigenvalue weighted by Crippen LogP contribution is -1.97. The smallest absolute Gasteiger partial charge is 0.0313 e. The number of aromatic nitrogens is 2. The largest absolute Gasteiger partial charge is 0.362 e. The monoisotopic (exact) mass is 186 g/mol. The summed E-state index contributed by atoms with van der Waals surface area (Å²) in [6.45, 7) is 4.28. The summed E-state index contributed by atoms with van der Waals surface area (Å²) in [4.78, 5) is 3.42. The second-order valence-corrected chi connectivity index (χ2v) is 4.23. The molecule has 3 rings (SSSR count). The molecule has 0 aromatic carbocycles. The number of nitrogens with one attached hydrogen (secondary N) is 1. The van der Waals surface area contributed by atoms with E-state index in [4.69, 9.17) is 0 Å². The van der Waals surface area contributed by atoms with Crippen LogP contribution in [0.2, 0.25) is 0 Å². The van der Waals surface area contributed by atoms with Crippen LogP contribution >= 0.6 is 0 Å². The molecule has 0 saturated carbocycles. The lowest BCUT2D eigenvalue weighted by atomic mass is 10.2. The normalized spacial score (nSPS) is 13.1. The summed E-state index contributed by atoms with van der Waals surface area (Å²) >= 11 is 0. The summed E-state index contributed by atoms with van der Waals surface area (Å²) in [6, 6.07) is 4.54. The fraction of sp³-hybridized carbons (Fsp3) is 0.333. The fourth-order valence-corrected chi connectivity index (χ4v) is 2.42. The fourth-order valence-electron chi connectivity index (χ4n) is 2.42. The average Bonchev–Trinajstić information content (AvgIpc) is 2.69. The molecule has 0 atom stereocenters. The van der Waals surface area contributed by atoms with Crippen molar-refractivity contribution in [2.24, 2.45) is 7.05 Å².